The summed E-state index contributed by atoms with van der Waals surface area (Å²) in [6.07, 6.45) is 0. The van der Waals surface area contributed by atoms with Gasteiger partial charge >= 0.3 is 5.97 Å². The summed E-state index contributed by atoms with van der Waals surface area (Å²) in [5.41, 5.74) is 1.49. The van der Waals surface area contributed by atoms with Gasteiger partial charge in [-0.2, -0.15) is 0 Å². The number of hydrogen-bond acceptors (Lipinski definition) is 2. The van der Waals surface area contributed by atoms with Gasteiger partial charge in [0.2, 0.25) is 0 Å². The van der Waals surface area contributed by atoms with Crippen LogP contribution in [0.2, 0.25) is 0 Å². The largest absolute Gasteiger partial charge is 0.478 e. The van der Waals surface area contributed by atoms with Crippen molar-refractivity contribution in [3.8, 4) is 0 Å². The van der Waals surface area contributed by atoms with Crippen molar-refractivity contribution in [3.05, 3.63) is 42.0 Å². The molecule has 0 amide bonds. The minimum Gasteiger partial charge on any atom is -0.478 e. The number of aromatic carboxylic acids is 1. The van der Waals surface area contributed by atoms with Crippen LogP contribution in [0, 0.1) is 0 Å². The topological polar surface area (TPSA) is 40.5 Å². The van der Waals surface area contributed by atoms with Crippen LogP contribution < -0.4 is 4.90 Å². The summed E-state index contributed by atoms with van der Waals surface area (Å²) in [6.45, 7) is 6.12. The predicted octanol–water partition coefficient (Wildman–Crippen LogP) is 3.38. The van der Waals surface area contributed by atoms with Crippen molar-refractivity contribution >= 4 is 22.4 Å². The van der Waals surface area contributed by atoms with Gasteiger partial charge < -0.3 is 10.0 Å². The molecule has 0 radical (unpaired) electrons. The lowest BCUT2D eigenvalue weighted by Gasteiger charge is -2.22. The number of benzene rings is 2. The fourth-order valence-electron chi connectivity index (χ4n) is 2.24. The maximum absolute atomic E-state index is 11.0. The zero-order valence-electron chi connectivity index (χ0n) is 10.7. The molecule has 0 aromatic heterocycles. The summed E-state index contributed by atoms with van der Waals surface area (Å²) < 4.78 is 0. The Bertz CT molecular complexity index is 574. The molecule has 2 aromatic carbocycles. The van der Waals surface area contributed by atoms with Gasteiger partial charge in [0, 0.05) is 24.2 Å². The van der Waals surface area contributed by atoms with Gasteiger partial charge in [0.15, 0.2) is 0 Å². The SMILES string of the molecule is CCN(CC)c1cccc2cc(C(=O)O)ccc12. The van der Waals surface area contributed by atoms with E-state index in [0.717, 1.165) is 29.5 Å². The molecule has 1 N–H and O–H groups in total. The third-order valence-electron chi connectivity index (χ3n) is 3.21. The van der Waals surface area contributed by atoms with E-state index in [1.807, 2.05) is 18.2 Å². The molecule has 0 bridgehead atoms. The zero-order valence-corrected chi connectivity index (χ0v) is 10.7. The number of anilines is 1. The second-order valence-corrected chi connectivity index (χ2v) is 4.19. The van der Waals surface area contributed by atoms with Gasteiger partial charge in [-0.05, 0) is 37.4 Å². The highest BCUT2D eigenvalue weighted by Gasteiger charge is 2.09. The second kappa shape index (κ2) is 5.08. The van der Waals surface area contributed by atoms with Crippen LogP contribution in [-0.4, -0.2) is 24.2 Å². The van der Waals surface area contributed by atoms with Gasteiger partial charge in [-0.25, -0.2) is 4.79 Å². The summed E-state index contributed by atoms with van der Waals surface area (Å²) in [6, 6.07) is 11.3. The molecule has 0 aliphatic carbocycles. The first-order valence-electron chi connectivity index (χ1n) is 6.18. The van der Waals surface area contributed by atoms with Crippen molar-refractivity contribution in [3.63, 3.8) is 0 Å². The lowest BCUT2D eigenvalue weighted by atomic mass is 10.0. The maximum Gasteiger partial charge on any atom is 0.335 e. The molecule has 2 rings (SSSR count). The van der Waals surface area contributed by atoms with E-state index in [-0.39, 0.29) is 0 Å². The number of carboxylic acid groups (broad SMARTS) is 1. The van der Waals surface area contributed by atoms with E-state index in [1.54, 1.807) is 12.1 Å². The van der Waals surface area contributed by atoms with Crippen molar-refractivity contribution in [1.82, 2.24) is 0 Å². The molecule has 0 aliphatic heterocycles. The molecule has 94 valence electrons. The lowest BCUT2D eigenvalue weighted by Crippen LogP contribution is -2.21. The molecule has 18 heavy (non-hydrogen) atoms. The third-order valence-corrected chi connectivity index (χ3v) is 3.21. The van der Waals surface area contributed by atoms with E-state index in [2.05, 4.69) is 24.8 Å². The van der Waals surface area contributed by atoms with Crippen LogP contribution in [0.15, 0.2) is 36.4 Å². The Morgan fingerprint density at radius 2 is 1.89 bits per heavy atom. The van der Waals surface area contributed by atoms with Gasteiger partial charge in [0.05, 0.1) is 5.56 Å². The van der Waals surface area contributed by atoms with Gasteiger partial charge in [0.25, 0.3) is 0 Å². The van der Waals surface area contributed by atoms with E-state index in [0.29, 0.717) is 5.56 Å². The van der Waals surface area contributed by atoms with Gasteiger partial charge in [0.1, 0.15) is 0 Å². The van der Waals surface area contributed by atoms with Crippen molar-refractivity contribution in [2.24, 2.45) is 0 Å². The smallest absolute Gasteiger partial charge is 0.335 e. The van der Waals surface area contributed by atoms with Gasteiger partial charge in [-0.15, -0.1) is 0 Å². The van der Waals surface area contributed by atoms with Crippen molar-refractivity contribution < 1.29 is 9.90 Å². The normalized spacial score (nSPS) is 10.6. The van der Waals surface area contributed by atoms with Crippen LogP contribution in [0.3, 0.4) is 0 Å². The Balaban J connectivity index is 2.60. The fraction of sp³-hybridized carbons (Fsp3) is 0.267. The van der Waals surface area contributed by atoms with Crippen molar-refractivity contribution in [2.75, 3.05) is 18.0 Å². The molecule has 0 saturated carbocycles. The van der Waals surface area contributed by atoms with Crippen LogP contribution in [0.5, 0.6) is 0 Å². The Hall–Kier alpha value is -2.03. The molecule has 0 saturated heterocycles. The van der Waals surface area contributed by atoms with E-state index >= 15 is 0 Å². The van der Waals surface area contributed by atoms with E-state index in [4.69, 9.17) is 5.11 Å². The molecule has 0 heterocycles. The summed E-state index contributed by atoms with van der Waals surface area (Å²) in [4.78, 5) is 13.2. The van der Waals surface area contributed by atoms with Crippen LogP contribution in [0.4, 0.5) is 5.69 Å². The average Bonchev–Trinajstić information content (AvgIpc) is 2.39. The Kier molecular flexibility index (Phi) is 3.51. The fourth-order valence-corrected chi connectivity index (χ4v) is 2.24. The van der Waals surface area contributed by atoms with Crippen LogP contribution >= 0.6 is 0 Å². The minimum absolute atomic E-state index is 0.333. The molecule has 0 fully saturated rings. The Labute approximate surface area is 107 Å². The van der Waals surface area contributed by atoms with Crippen LogP contribution in [-0.2, 0) is 0 Å². The third kappa shape index (κ3) is 2.16. The van der Waals surface area contributed by atoms with Crippen molar-refractivity contribution in [1.29, 1.82) is 0 Å². The van der Waals surface area contributed by atoms with Gasteiger partial charge in [-0.1, -0.05) is 18.2 Å². The first-order valence-corrected chi connectivity index (χ1v) is 6.18. The van der Waals surface area contributed by atoms with E-state index in [9.17, 15) is 4.79 Å². The number of carbonyl (C=O) groups is 1. The van der Waals surface area contributed by atoms with Crippen LogP contribution in [0.1, 0.15) is 24.2 Å². The quantitative estimate of drug-likeness (QED) is 0.894. The summed E-state index contributed by atoms with van der Waals surface area (Å²) in [5, 5.41) is 11.1. The van der Waals surface area contributed by atoms with E-state index < -0.39 is 5.97 Å². The summed E-state index contributed by atoms with van der Waals surface area (Å²) >= 11 is 0. The Morgan fingerprint density at radius 1 is 1.17 bits per heavy atom. The number of hydrogen-bond donors (Lipinski definition) is 1. The molecule has 0 spiro atoms. The van der Waals surface area contributed by atoms with Gasteiger partial charge in [-0.3, -0.25) is 0 Å². The highest BCUT2D eigenvalue weighted by Crippen LogP contribution is 2.27. The molecule has 3 heteroatoms. The maximum atomic E-state index is 11.0. The molecule has 0 aliphatic rings. The first-order chi connectivity index (χ1) is 8.67. The predicted molar refractivity (Wildman–Crippen MR) is 74.5 cm³/mol. The minimum atomic E-state index is -0.884. The Morgan fingerprint density at radius 3 is 2.50 bits per heavy atom. The highest BCUT2D eigenvalue weighted by molar-refractivity contribution is 5.99. The molecular weight excluding hydrogens is 226 g/mol. The highest BCUT2D eigenvalue weighted by atomic mass is 16.4. The molecule has 3 nitrogen and oxygen atoms in total. The molecule has 0 unspecified atom stereocenters. The van der Waals surface area contributed by atoms with Crippen LogP contribution in [0.25, 0.3) is 10.8 Å². The molecule has 2 aromatic rings. The average molecular weight is 243 g/mol. The number of fused-ring (bicyclic) bond motifs is 1. The molecule has 0 atom stereocenters. The number of nitrogens with zero attached hydrogens (tertiary/aromatic N) is 1. The second-order valence-electron chi connectivity index (χ2n) is 4.19. The summed E-state index contributed by atoms with van der Waals surface area (Å²) in [5.74, 6) is -0.884. The number of rotatable bonds is 4. The zero-order chi connectivity index (χ0) is 13.1. The number of carboxylic acids is 1. The lowest BCUT2D eigenvalue weighted by molar-refractivity contribution is 0.0697. The monoisotopic (exact) mass is 243 g/mol. The molecular formula is C15H17NO2. The van der Waals surface area contributed by atoms with Crippen molar-refractivity contribution in [2.45, 2.75) is 13.8 Å². The standard InChI is InChI=1S/C15H17NO2/c1-3-16(4-2)14-7-5-6-11-10-12(15(17)18)8-9-13(11)14/h5-10H,3-4H2,1-2H3,(H,17,18). The van der Waals surface area contributed by atoms with E-state index in [1.165, 1.54) is 0 Å². The first kappa shape index (κ1) is 12.4. The summed E-state index contributed by atoms with van der Waals surface area (Å²) in [7, 11) is 0.